The van der Waals surface area contributed by atoms with Gasteiger partial charge in [0.15, 0.2) is 0 Å². The van der Waals surface area contributed by atoms with Gasteiger partial charge in [0.05, 0.1) is 11.7 Å². The van der Waals surface area contributed by atoms with Crippen LogP contribution in [0.3, 0.4) is 0 Å². The van der Waals surface area contributed by atoms with Crippen LogP contribution in [0.1, 0.15) is 36.0 Å². The summed E-state index contributed by atoms with van der Waals surface area (Å²) in [4.78, 5) is 23.0. The largest absolute Gasteiger partial charge is 0.331 e. The Balaban J connectivity index is 1.75. The second-order valence-electron chi connectivity index (χ2n) is 5.46. The maximum atomic E-state index is 12.5. The van der Waals surface area contributed by atoms with Gasteiger partial charge in [0.2, 0.25) is 5.91 Å². The van der Waals surface area contributed by atoms with Gasteiger partial charge in [-0.3, -0.25) is 4.79 Å². The monoisotopic (exact) mass is 293 g/mol. The van der Waals surface area contributed by atoms with Crippen LogP contribution >= 0.6 is 0 Å². The predicted molar refractivity (Wildman–Crippen MR) is 85.9 cm³/mol. The molecule has 1 aliphatic heterocycles. The van der Waals surface area contributed by atoms with E-state index in [0.717, 1.165) is 36.5 Å². The fourth-order valence-corrected chi connectivity index (χ4v) is 2.83. The Morgan fingerprint density at radius 2 is 2.09 bits per heavy atom. The Labute approximate surface area is 130 Å². The van der Waals surface area contributed by atoms with Crippen LogP contribution in [-0.2, 0) is 4.79 Å². The van der Waals surface area contributed by atoms with E-state index in [4.69, 9.17) is 0 Å². The maximum Gasteiger partial charge on any atom is 0.247 e. The summed E-state index contributed by atoms with van der Waals surface area (Å²) in [5.41, 5.74) is 1.97. The third-order valence-electron chi connectivity index (χ3n) is 3.89. The average molecular weight is 293 g/mol. The van der Waals surface area contributed by atoms with Crippen molar-refractivity contribution in [2.45, 2.75) is 25.8 Å². The smallest absolute Gasteiger partial charge is 0.247 e. The second kappa shape index (κ2) is 6.52. The summed E-state index contributed by atoms with van der Waals surface area (Å²) >= 11 is 0. The summed E-state index contributed by atoms with van der Waals surface area (Å²) in [6.07, 6.45) is 7.25. The summed E-state index contributed by atoms with van der Waals surface area (Å²) in [6.45, 7) is 2.66. The maximum absolute atomic E-state index is 12.5. The summed E-state index contributed by atoms with van der Waals surface area (Å²) in [5, 5.41) is 0. The molecule has 1 aromatic heterocycles. The lowest BCUT2D eigenvalue weighted by atomic mass is 10.1. The highest BCUT2D eigenvalue weighted by Crippen LogP contribution is 2.30. The van der Waals surface area contributed by atoms with Gasteiger partial charge < -0.3 is 4.90 Å². The zero-order chi connectivity index (χ0) is 15.4. The van der Waals surface area contributed by atoms with Gasteiger partial charge in [0.25, 0.3) is 0 Å². The SMILES string of the molecule is Cc1nccc(C2CCCN2C(=O)/C=C/c2ccccc2)n1. The molecule has 1 aliphatic rings. The molecule has 1 atom stereocenters. The molecule has 1 amide bonds. The van der Waals surface area contributed by atoms with Crippen molar-refractivity contribution in [1.82, 2.24) is 14.9 Å². The van der Waals surface area contributed by atoms with Crippen LogP contribution in [0.5, 0.6) is 0 Å². The predicted octanol–water partition coefficient (Wildman–Crippen LogP) is 3.16. The highest BCUT2D eigenvalue weighted by Gasteiger charge is 2.29. The Bertz CT molecular complexity index is 682. The fraction of sp³-hybridized carbons (Fsp3) is 0.278. The van der Waals surface area contributed by atoms with Gasteiger partial charge in [-0.25, -0.2) is 9.97 Å². The van der Waals surface area contributed by atoms with Crippen molar-refractivity contribution in [3.05, 3.63) is 65.8 Å². The van der Waals surface area contributed by atoms with Crippen molar-refractivity contribution in [2.75, 3.05) is 6.54 Å². The highest BCUT2D eigenvalue weighted by atomic mass is 16.2. The van der Waals surface area contributed by atoms with Crippen molar-refractivity contribution < 1.29 is 4.79 Å². The van der Waals surface area contributed by atoms with Crippen LogP contribution in [0.2, 0.25) is 0 Å². The van der Waals surface area contributed by atoms with Crippen LogP contribution in [0.15, 0.2) is 48.7 Å². The number of aryl methyl sites for hydroxylation is 1. The van der Waals surface area contributed by atoms with Crippen LogP contribution in [0.25, 0.3) is 6.08 Å². The number of benzene rings is 1. The van der Waals surface area contributed by atoms with Crippen molar-refractivity contribution in [2.24, 2.45) is 0 Å². The number of aromatic nitrogens is 2. The van der Waals surface area contributed by atoms with E-state index in [-0.39, 0.29) is 11.9 Å². The topological polar surface area (TPSA) is 46.1 Å². The average Bonchev–Trinajstić information content (AvgIpc) is 3.03. The molecule has 4 heteroatoms. The van der Waals surface area contributed by atoms with Gasteiger partial charge in [-0.2, -0.15) is 0 Å². The first-order valence-corrected chi connectivity index (χ1v) is 7.57. The van der Waals surface area contributed by atoms with Crippen LogP contribution in [0.4, 0.5) is 0 Å². The van der Waals surface area contributed by atoms with Crippen molar-refractivity contribution in [1.29, 1.82) is 0 Å². The first-order chi connectivity index (χ1) is 10.7. The molecule has 1 saturated heterocycles. The highest BCUT2D eigenvalue weighted by molar-refractivity contribution is 5.92. The Hall–Kier alpha value is -2.49. The molecule has 0 spiro atoms. The number of likely N-dealkylation sites (tertiary alicyclic amines) is 1. The number of carbonyl (C=O) groups excluding carboxylic acids is 1. The Morgan fingerprint density at radius 3 is 2.86 bits per heavy atom. The van der Waals surface area contributed by atoms with E-state index in [9.17, 15) is 4.79 Å². The number of hydrogen-bond donors (Lipinski definition) is 0. The number of nitrogens with zero attached hydrogens (tertiary/aromatic N) is 3. The van der Waals surface area contributed by atoms with Crippen LogP contribution in [-0.4, -0.2) is 27.3 Å². The zero-order valence-corrected chi connectivity index (χ0v) is 12.6. The molecule has 0 radical (unpaired) electrons. The Morgan fingerprint density at radius 1 is 1.27 bits per heavy atom. The van der Waals surface area contributed by atoms with E-state index in [1.54, 1.807) is 12.3 Å². The summed E-state index contributed by atoms with van der Waals surface area (Å²) in [5.74, 6) is 0.791. The molecule has 3 rings (SSSR count). The minimum atomic E-state index is 0.0441. The number of amides is 1. The fourth-order valence-electron chi connectivity index (χ4n) is 2.83. The normalized spacial score (nSPS) is 18.0. The van der Waals surface area contributed by atoms with Crippen molar-refractivity contribution in [3.63, 3.8) is 0 Å². The molecular formula is C18H19N3O. The lowest BCUT2D eigenvalue weighted by molar-refractivity contribution is -0.126. The zero-order valence-electron chi connectivity index (χ0n) is 12.6. The van der Waals surface area contributed by atoms with Crippen molar-refractivity contribution >= 4 is 12.0 Å². The Kier molecular flexibility index (Phi) is 4.28. The molecule has 2 heterocycles. The third-order valence-corrected chi connectivity index (χ3v) is 3.89. The van der Waals surface area contributed by atoms with Gasteiger partial charge in [0.1, 0.15) is 5.82 Å². The van der Waals surface area contributed by atoms with E-state index in [1.807, 2.05) is 54.3 Å². The van der Waals surface area contributed by atoms with Gasteiger partial charge >= 0.3 is 0 Å². The number of hydrogen-bond acceptors (Lipinski definition) is 3. The molecular weight excluding hydrogens is 274 g/mol. The van der Waals surface area contributed by atoms with E-state index in [0.29, 0.717) is 0 Å². The molecule has 4 nitrogen and oxygen atoms in total. The lowest BCUT2D eigenvalue weighted by Gasteiger charge is -2.23. The van der Waals surface area contributed by atoms with E-state index in [2.05, 4.69) is 9.97 Å². The molecule has 1 fully saturated rings. The number of carbonyl (C=O) groups is 1. The molecule has 112 valence electrons. The summed E-state index contributed by atoms with van der Waals surface area (Å²) in [7, 11) is 0. The van der Waals surface area contributed by atoms with Gasteiger partial charge in [0, 0.05) is 18.8 Å². The van der Waals surface area contributed by atoms with Gasteiger partial charge in [-0.15, -0.1) is 0 Å². The molecule has 0 bridgehead atoms. The van der Waals surface area contributed by atoms with Crippen molar-refractivity contribution in [3.8, 4) is 0 Å². The molecule has 0 N–H and O–H groups in total. The van der Waals surface area contributed by atoms with E-state index in [1.165, 1.54) is 0 Å². The molecule has 2 aromatic rings. The van der Waals surface area contributed by atoms with Gasteiger partial charge in [-0.05, 0) is 37.5 Å². The molecule has 0 saturated carbocycles. The van der Waals surface area contributed by atoms with Gasteiger partial charge in [-0.1, -0.05) is 30.3 Å². The standard InChI is InChI=1S/C18H19N3O/c1-14-19-12-11-16(20-14)17-8-5-13-21(17)18(22)10-9-15-6-3-2-4-7-15/h2-4,6-7,9-12,17H,5,8,13H2,1H3/b10-9+. The van der Waals surface area contributed by atoms with E-state index < -0.39 is 0 Å². The molecule has 1 aromatic carbocycles. The summed E-state index contributed by atoms with van der Waals surface area (Å²) in [6, 6.07) is 11.8. The number of rotatable bonds is 3. The third kappa shape index (κ3) is 3.22. The van der Waals surface area contributed by atoms with Crippen LogP contribution in [0, 0.1) is 6.92 Å². The minimum Gasteiger partial charge on any atom is -0.331 e. The molecule has 0 aliphatic carbocycles. The minimum absolute atomic E-state index is 0.0441. The second-order valence-corrected chi connectivity index (χ2v) is 5.46. The quantitative estimate of drug-likeness (QED) is 0.817. The summed E-state index contributed by atoms with van der Waals surface area (Å²) < 4.78 is 0. The lowest BCUT2D eigenvalue weighted by Crippen LogP contribution is -2.29. The first-order valence-electron chi connectivity index (χ1n) is 7.57. The first kappa shape index (κ1) is 14.4. The molecule has 22 heavy (non-hydrogen) atoms. The van der Waals surface area contributed by atoms with Crippen LogP contribution < -0.4 is 0 Å². The van der Waals surface area contributed by atoms with E-state index >= 15 is 0 Å². The molecule has 1 unspecified atom stereocenters.